The van der Waals surface area contributed by atoms with Gasteiger partial charge in [0.25, 0.3) is 0 Å². The van der Waals surface area contributed by atoms with Gasteiger partial charge < -0.3 is 9.15 Å². The smallest absolute Gasteiger partial charge is 0.311 e. The minimum Gasteiger partial charge on any atom is -0.450 e. The first-order chi connectivity index (χ1) is 10.2. The lowest BCUT2D eigenvalue weighted by Crippen LogP contribution is -1.93. The third-order valence-corrected chi connectivity index (χ3v) is 2.73. The number of benzene rings is 2. The molecular formula is C14H9N3O4. The monoisotopic (exact) mass is 283 g/mol. The molecule has 0 bridgehead atoms. The number of aromatic nitrogens is 2. The van der Waals surface area contributed by atoms with Crippen LogP contribution in [0.4, 0.5) is 5.69 Å². The fourth-order valence-corrected chi connectivity index (χ4v) is 1.81. The Morgan fingerprint density at radius 3 is 2.76 bits per heavy atom. The average Bonchev–Trinajstić information content (AvgIpc) is 3.02. The summed E-state index contributed by atoms with van der Waals surface area (Å²) in [6.45, 7) is 0. The fourth-order valence-electron chi connectivity index (χ4n) is 1.81. The van der Waals surface area contributed by atoms with Crippen LogP contribution < -0.4 is 4.74 Å². The fraction of sp³-hybridized carbons (Fsp3) is 0. The molecular weight excluding hydrogens is 274 g/mol. The molecule has 21 heavy (non-hydrogen) atoms. The first-order valence-electron chi connectivity index (χ1n) is 6.02. The topological polar surface area (TPSA) is 91.3 Å². The van der Waals surface area contributed by atoms with Crippen molar-refractivity contribution in [2.24, 2.45) is 0 Å². The van der Waals surface area contributed by atoms with Gasteiger partial charge in [0, 0.05) is 11.6 Å². The number of rotatable bonds is 4. The zero-order valence-electron chi connectivity index (χ0n) is 10.7. The molecule has 0 fully saturated rings. The summed E-state index contributed by atoms with van der Waals surface area (Å²) in [5.41, 5.74) is 0.573. The quantitative estimate of drug-likeness (QED) is 0.538. The van der Waals surface area contributed by atoms with Crippen molar-refractivity contribution in [3.05, 3.63) is 65.0 Å². The van der Waals surface area contributed by atoms with Crippen LogP contribution in [0.3, 0.4) is 0 Å². The molecule has 1 aromatic heterocycles. The molecule has 7 nitrogen and oxygen atoms in total. The molecule has 0 aliphatic carbocycles. The zero-order chi connectivity index (χ0) is 14.7. The molecule has 3 aromatic rings. The number of ether oxygens (including phenoxy) is 1. The molecule has 104 valence electrons. The summed E-state index contributed by atoms with van der Waals surface area (Å²) in [7, 11) is 0. The summed E-state index contributed by atoms with van der Waals surface area (Å²) < 4.78 is 10.7. The molecule has 2 aromatic carbocycles. The maximum absolute atomic E-state index is 11.0. The summed E-state index contributed by atoms with van der Waals surface area (Å²) in [6, 6.07) is 13.1. The standard InChI is InChI=1S/C14H9N3O4/c18-17(19)12-6-1-2-7-13(12)21-11-5-3-4-10(8-11)14-16-15-9-20-14/h1-9H. The van der Waals surface area contributed by atoms with Gasteiger partial charge in [-0.05, 0) is 24.3 Å². The van der Waals surface area contributed by atoms with E-state index in [4.69, 9.17) is 9.15 Å². The molecule has 3 rings (SSSR count). The Bertz CT molecular complexity index is 771. The van der Waals surface area contributed by atoms with E-state index in [-0.39, 0.29) is 11.4 Å². The van der Waals surface area contributed by atoms with Crippen LogP contribution in [0.15, 0.2) is 59.3 Å². The molecule has 0 spiro atoms. The lowest BCUT2D eigenvalue weighted by molar-refractivity contribution is -0.385. The molecule has 7 heteroatoms. The molecule has 0 aliphatic rings. The van der Waals surface area contributed by atoms with E-state index in [0.717, 1.165) is 0 Å². The highest BCUT2D eigenvalue weighted by molar-refractivity contribution is 5.56. The highest BCUT2D eigenvalue weighted by Crippen LogP contribution is 2.32. The molecule has 0 N–H and O–H groups in total. The van der Waals surface area contributed by atoms with E-state index in [0.29, 0.717) is 17.2 Å². The van der Waals surface area contributed by atoms with Gasteiger partial charge in [-0.3, -0.25) is 10.1 Å². The largest absolute Gasteiger partial charge is 0.450 e. The molecule has 0 saturated heterocycles. The average molecular weight is 283 g/mol. The van der Waals surface area contributed by atoms with Crippen LogP contribution in [0.25, 0.3) is 11.5 Å². The first kappa shape index (κ1) is 12.8. The van der Waals surface area contributed by atoms with Crippen LogP contribution >= 0.6 is 0 Å². The number of nitro groups is 1. The van der Waals surface area contributed by atoms with Crippen molar-refractivity contribution in [2.45, 2.75) is 0 Å². The van der Waals surface area contributed by atoms with E-state index >= 15 is 0 Å². The Kier molecular flexibility index (Phi) is 3.30. The van der Waals surface area contributed by atoms with Crippen molar-refractivity contribution in [2.75, 3.05) is 0 Å². The number of hydrogen-bond donors (Lipinski definition) is 0. The Balaban J connectivity index is 1.93. The number of nitrogens with zero attached hydrogens (tertiary/aromatic N) is 3. The van der Waals surface area contributed by atoms with Gasteiger partial charge >= 0.3 is 5.69 Å². The van der Waals surface area contributed by atoms with Gasteiger partial charge in [0.15, 0.2) is 0 Å². The molecule has 0 unspecified atom stereocenters. The minimum atomic E-state index is -0.489. The Labute approximate surface area is 119 Å². The van der Waals surface area contributed by atoms with E-state index in [2.05, 4.69) is 10.2 Å². The molecule has 0 aliphatic heterocycles. The number of para-hydroxylation sites is 2. The van der Waals surface area contributed by atoms with Crippen molar-refractivity contribution in [1.29, 1.82) is 0 Å². The van der Waals surface area contributed by atoms with Crippen LogP contribution in [-0.2, 0) is 0 Å². The summed E-state index contributed by atoms with van der Waals surface area (Å²) in [4.78, 5) is 10.5. The van der Waals surface area contributed by atoms with Gasteiger partial charge in [0.1, 0.15) is 5.75 Å². The number of nitro benzene ring substituents is 1. The van der Waals surface area contributed by atoms with Gasteiger partial charge in [0.2, 0.25) is 18.0 Å². The van der Waals surface area contributed by atoms with E-state index in [1.807, 2.05) is 0 Å². The zero-order valence-corrected chi connectivity index (χ0v) is 10.7. The molecule has 1 heterocycles. The Morgan fingerprint density at radius 1 is 1.14 bits per heavy atom. The normalized spacial score (nSPS) is 10.3. The lowest BCUT2D eigenvalue weighted by atomic mass is 10.2. The van der Waals surface area contributed by atoms with Crippen molar-refractivity contribution >= 4 is 5.69 Å². The van der Waals surface area contributed by atoms with Gasteiger partial charge in [0.05, 0.1) is 4.92 Å². The van der Waals surface area contributed by atoms with Crippen molar-refractivity contribution in [3.8, 4) is 23.0 Å². The highest BCUT2D eigenvalue weighted by Gasteiger charge is 2.15. The van der Waals surface area contributed by atoms with Crippen LogP contribution in [0.1, 0.15) is 0 Å². The van der Waals surface area contributed by atoms with Crippen molar-refractivity contribution in [1.82, 2.24) is 10.2 Å². The third-order valence-electron chi connectivity index (χ3n) is 2.73. The van der Waals surface area contributed by atoms with Gasteiger partial charge in [-0.2, -0.15) is 0 Å². The summed E-state index contributed by atoms with van der Waals surface area (Å²) >= 11 is 0. The van der Waals surface area contributed by atoms with Crippen LogP contribution in [-0.4, -0.2) is 15.1 Å². The molecule has 0 atom stereocenters. The second kappa shape index (κ2) is 5.41. The summed E-state index contributed by atoms with van der Waals surface area (Å²) in [6.07, 6.45) is 1.23. The van der Waals surface area contributed by atoms with Crippen molar-refractivity contribution in [3.63, 3.8) is 0 Å². The summed E-state index contributed by atoms with van der Waals surface area (Å²) in [5, 5.41) is 18.4. The van der Waals surface area contributed by atoms with E-state index in [9.17, 15) is 10.1 Å². The molecule has 0 radical (unpaired) electrons. The van der Waals surface area contributed by atoms with E-state index in [1.165, 1.54) is 18.5 Å². The third kappa shape index (κ3) is 2.71. The highest BCUT2D eigenvalue weighted by atomic mass is 16.6. The van der Waals surface area contributed by atoms with Gasteiger partial charge in [-0.15, -0.1) is 10.2 Å². The second-order valence-electron chi connectivity index (χ2n) is 4.10. The van der Waals surface area contributed by atoms with Crippen LogP contribution in [0.5, 0.6) is 11.5 Å². The Morgan fingerprint density at radius 2 is 2.00 bits per heavy atom. The number of hydrogen-bond acceptors (Lipinski definition) is 6. The first-order valence-corrected chi connectivity index (χ1v) is 6.02. The van der Waals surface area contributed by atoms with Crippen LogP contribution in [0, 0.1) is 10.1 Å². The minimum absolute atomic E-state index is 0.0966. The maximum Gasteiger partial charge on any atom is 0.311 e. The van der Waals surface area contributed by atoms with E-state index < -0.39 is 4.92 Å². The van der Waals surface area contributed by atoms with Gasteiger partial charge in [-0.25, -0.2) is 0 Å². The molecule has 0 saturated carbocycles. The maximum atomic E-state index is 11.0. The van der Waals surface area contributed by atoms with E-state index in [1.54, 1.807) is 36.4 Å². The SMILES string of the molecule is O=[N+]([O-])c1ccccc1Oc1cccc(-c2nnco2)c1. The lowest BCUT2D eigenvalue weighted by Gasteiger charge is -2.06. The van der Waals surface area contributed by atoms with Crippen molar-refractivity contribution < 1.29 is 14.1 Å². The predicted octanol–water partition coefficient (Wildman–Crippen LogP) is 3.44. The van der Waals surface area contributed by atoms with Gasteiger partial charge in [-0.1, -0.05) is 18.2 Å². The molecule has 0 amide bonds. The Hall–Kier alpha value is -3.22. The summed E-state index contributed by atoms with van der Waals surface area (Å²) in [5.74, 6) is 0.966. The predicted molar refractivity (Wildman–Crippen MR) is 72.9 cm³/mol. The second-order valence-corrected chi connectivity index (χ2v) is 4.10. The van der Waals surface area contributed by atoms with Crippen LogP contribution in [0.2, 0.25) is 0 Å².